The minimum absolute atomic E-state index is 0.286. The van der Waals surface area contributed by atoms with Gasteiger partial charge in [0, 0.05) is 30.2 Å². The fourth-order valence-electron chi connectivity index (χ4n) is 3.07. The molecule has 0 fully saturated rings. The molecule has 0 bridgehead atoms. The molecule has 27 heavy (non-hydrogen) atoms. The van der Waals surface area contributed by atoms with Crippen LogP contribution in [0, 0.1) is 0 Å². The van der Waals surface area contributed by atoms with E-state index < -0.39 is 0 Å². The molecule has 9 heteroatoms. The Hall–Kier alpha value is -4.14. The van der Waals surface area contributed by atoms with Crippen molar-refractivity contribution in [2.45, 2.75) is 0 Å². The van der Waals surface area contributed by atoms with E-state index in [1.807, 2.05) is 0 Å². The van der Waals surface area contributed by atoms with E-state index in [9.17, 15) is 9.59 Å². The summed E-state index contributed by atoms with van der Waals surface area (Å²) < 4.78 is 4.23. The van der Waals surface area contributed by atoms with E-state index >= 15 is 0 Å². The molecule has 0 aliphatic carbocycles. The van der Waals surface area contributed by atoms with Gasteiger partial charge in [-0.25, -0.2) is 14.3 Å². The molecule has 0 aliphatic rings. The minimum atomic E-state index is -0.325. The third-order valence-electron chi connectivity index (χ3n) is 4.33. The molecule has 0 aliphatic heterocycles. The first-order chi connectivity index (χ1) is 13.2. The number of hydrogen-bond acceptors (Lipinski definition) is 6. The summed E-state index contributed by atoms with van der Waals surface area (Å²) >= 11 is 0. The van der Waals surface area contributed by atoms with Gasteiger partial charge in [-0.2, -0.15) is 0 Å². The molecule has 0 unspecified atom stereocenters. The molecule has 5 aromatic rings. The maximum Gasteiger partial charge on any atom is 0.279 e. The molecule has 0 radical (unpaired) electrons. The molecule has 130 valence electrons. The number of nitrogens with zero attached hydrogens (tertiary/aromatic N) is 7. The topological polar surface area (TPSA) is 100 Å². The molecule has 5 rings (SSSR count). The zero-order chi connectivity index (χ0) is 18.4. The van der Waals surface area contributed by atoms with Crippen LogP contribution in [0.3, 0.4) is 0 Å². The third kappa shape index (κ3) is 2.25. The summed E-state index contributed by atoms with van der Waals surface area (Å²) in [7, 11) is 0. The lowest BCUT2D eigenvalue weighted by Gasteiger charge is -2.10. The summed E-state index contributed by atoms with van der Waals surface area (Å²) in [4.78, 5) is 34.5. The summed E-state index contributed by atoms with van der Waals surface area (Å²) in [5.41, 5.74) is -0.0961. The van der Waals surface area contributed by atoms with Crippen LogP contribution in [0.5, 0.6) is 0 Å². The predicted octanol–water partition coefficient (Wildman–Crippen LogP) is 0.998. The predicted molar refractivity (Wildman–Crippen MR) is 97.7 cm³/mol. The lowest BCUT2D eigenvalue weighted by atomic mass is 10.1. The van der Waals surface area contributed by atoms with Crippen molar-refractivity contribution < 1.29 is 0 Å². The smallest absolute Gasteiger partial charge is 0.268 e. The van der Waals surface area contributed by atoms with Crippen LogP contribution in [0.4, 0.5) is 0 Å². The molecule has 0 aromatic carbocycles. The highest BCUT2D eigenvalue weighted by Crippen LogP contribution is 2.18. The van der Waals surface area contributed by atoms with E-state index in [1.165, 1.54) is 32.8 Å². The second-order valence-electron chi connectivity index (χ2n) is 5.83. The van der Waals surface area contributed by atoms with Gasteiger partial charge in [-0.3, -0.25) is 19.1 Å². The quantitative estimate of drug-likeness (QED) is 0.437. The Morgan fingerprint density at radius 3 is 2.44 bits per heavy atom. The maximum absolute atomic E-state index is 13.1. The second kappa shape index (κ2) is 5.70. The fourth-order valence-corrected chi connectivity index (χ4v) is 3.07. The molecule has 5 aromatic heterocycles. The molecule has 0 spiro atoms. The molecular formula is C18H11N7O2. The molecular weight excluding hydrogens is 346 g/mol. The Morgan fingerprint density at radius 1 is 0.815 bits per heavy atom. The summed E-state index contributed by atoms with van der Waals surface area (Å²) in [6.45, 7) is 0. The average molecular weight is 357 g/mol. The van der Waals surface area contributed by atoms with Gasteiger partial charge in [-0.15, -0.1) is 10.2 Å². The number of hydrogen-bond donors (Lipinski definition) is 0. The number of rotatable bonds is 2. The summed E-state index contributed by atoms with van der Waals surface area (Å²) in [5.74, 6) is 0.499. The standard InChI is InChI=1S/C18H11N7O2/c26-17-13-9-20-14-5-7-24(15-3-1-2-6-19-15)18(27)16(14)12(13)4-8-25(17)23-10-21-22-11-23/h1-11H. The second-order valence-corrected chi connectivity index (χ2v) is 5.83. The highest BCUT2D eigenvalue weighted by Gasteiger charge is 2.13. The molecule has 0 amide bonds. The molecule has 0 saturated carbocycles. The normalized spacial score (nSPS) is 11.3. The van der Waals surface area contributed by atoms with Crippen molar-refractivity contribution in [1.82, 2.24) is 34.1 Å². The van der Waals surface area contributed by atoms with Gasteiger partial charge in [-0.1, -0.05) is 6.07 Å². The zero-order valence-electron chi connectivity index (χ0n) is 13.8. The molecule has 5 heterocycles. The summed E-state index contributed by atoms with van der Waals surface area (Å²) in [5, 5.41) is 8.64. The molecule has 0 atom stereocenters. The SMILES string of the molecule is O=c1c2c(ccn1-c1ccccn1)ncc1c(=O)n(-n3cnnc3)ccc12. The Kier molecular flexibility index (Phi) is 3.20. The van der Waals surface area contributed by atoms with Crippen LogP contribution in [-0.2, 0) is 0 Å². The van der Waals surface area contributed by atoms with Crippen LogP contribution in [0.25, 0.3) is 27.5 Å². The van der Waals surface area contributed by atoms with E-state index in [1.54, 1.807) is 48.9 Å². The van der Waals surface area contributed by atoms with Gasteiger partial charge in [0.15, 0.2) is 0 Å². The van der Waals surface area contributed by atoms with Crippen LogP contribution in [0.2, 0.25) is 0 Å². The van der Waals surface area contributed by atoms with Crippen LogP contribution in [0.1, 0.15) is 0 Å². The first kappa shape index (κ1) is 15.1. The van der Waals surface area contributed by atoms with E-state index in [2.05, 4.69) is 20.2 Å². The maximum atomic E-state index is 13.1. The van der Waals surface area contributed by atoms with Crippen molar-refractivity contribution in [2.75, 3.05) is 0 Å². The van der Waals surface area contributed by atoms with E-state index in [-0.39, 0.29) is 11.1 Å². The van der Waals surface area contributed by atoms with Gasteiger partial charge in [-0.05, 0) is 24.3 Å². The van der Waals surface area contributed by atoms with Crippen molar-refractivity contribution in [3.05, 3.63) is 88.5 Å². The van der Waals surface area contributed by atoms with Gasteiger partial charge in [0.25, 0.3) is 11.1 Å². The fraction of sp³-hybridized carbons (Fsp3) is 0. The highest BCUT2D eigenvalue weighted by molar-refractivity contribution is 6.04. The first-order valence-corrected chi connectivity index (χ1v) is 8.06. The monoisotopic (exact) mass is 357 g/mol. The van der Waals surface area contributed by atoms with Gasteiger partial charge in [0.05, 0.1) is 16.3 Å². The van der Waals surface area contributed by atoms with Crippen molar-refractivity contribution in [2.24, 2.45) is 0 Å². The van der Waals surface area contributed by atoms with Crippen LogP contribution in [-0.4, -0.2) is 34.1 Å². The van der Waals surface area contributed by atoms with E-state index in [0.717, 1.165) is 0 Å². The van der Waals surface area contributed by atoms with Gasteiger partial charge in [0.1, 0.15) is 18.5 Å². The molecule has 0 N–H and O–H groups in total. The zero-order valence-corrected chi connectivity index (χ0v) is 13.8. The Balaban J connectivity index is 1.86. The number of pyridine rings is 4. The van der Waals surface area contributed by atoms with Crippen LogP contribution >= 0.6 is 0 Å². The summed E-state index contributed by atoms with van der Waals surface area (Å²) in [6, 6.07) is 8.77. The number of fused-ring (bicyclic) bond motifs is 3. The van der Waals surface area contributed by atoms with Crippen molar-refractivity contribution >= 4 is 21.7 Å². The largest absolute Gasteiger partial charge is 0.279 e. The first-order valence-electron chi connectivity index (χ1n) is 8.06. The lowest BCUT2D eigenvalue weighted by Crippen LogP contribution is -2.25. The van der Waals surface area contributed by atoms with Crippen LogP contribution in [0.15, 0.2) is 77.4 Å². The minimum Gasteiger partial charge on any atom is -0.268 e. The number of aromatic nitrogens is 7. The van der Waals surface area contributed by atoms with Gasteiger partial charge < -0.3 is 0 Å². The van der Waals surface area contributed by atoms with E-state index in [4.69, 9.17) is 0 Å². The Bertz CT molecular complexity index is 1400. The lowest BCUT2D eigenvalue weighted by molar-refractivity contribution is 0.632. The van der Waals surface area contributed by atoms with E-state index in [0.29, 0.717) is 27.5 Å². The van der Waals surface area contributed by atoms with Crippen molar-refractivity contribution in [3.63, 3.8) is 0 Å². The molecule has 0 saturated heterocycles. The molecule has 9 nitrogen and oxygen atoms in total. The highest BCUT2D eigenvalue weighted by atomic mass is 16.1. The Labute approximate surface area is 150 Å². The van der Waals surface area contributed by atoms with Gasteiger partial charge in [0.2, 0.25) is 0 Å². The van der Waals surface area contributed by atoms with Crippen molar-refractivity contribution in [3.8, 4) is 5.82 Å². The van der Waals surface area contributed by atoms with Crippen LogP contribution < -0.4 is 11.1 Å². The summed E-state index contributed by atoms with van der Waals surface area (Å²) in [6.07, 6.45) is 9.12. The van der Waals surface area contributed by atoms with Gasteiger partial charge >= 0.3 is 0 Å². The van der Waals surface area contributed by atoms with Crippen molar-refractivity contribution in [1.29, 1.82) is 0 Å². The average Bonchev–Trinajstić information content (AvgIpc) is 3.23. The Morgan fingerprint density at radius 2 is 1.67 bits per heavy atom. The third-order valence-corrected chi connectivity index (χ3v) is 4.33.